The molecule has 1 rings (SSSR count). The van der Waals surface area contributed by atoms with Gasteiger partial charge in [-0.15, -0.1) is 0 Å². The number of rotatable bonds is 1. The molecular formula is C5H10N2. The topological polar surface area (TPSA) is 38.0 Å². The second kappa shape index (κ2) is 1.54. The Morgan fingerprint density at radius 2 is 2.29 bits per heavy atom. The molecule has 1 saturated carbocycles. The summed E-state index contributed by atoms with van der Waals surface area (Å²) in [6.07, 6.45) is 2.49. The van der Waals surface area contributed by atoms with Gasteiger partial charge in [0.05, 0.1) is 0 Å². The minimum atomic E-state index is 1.15. The first-order chi connectivity index (χ1) is 3.34. The molecule has 0 saturated heterocycles. The first kappa shape index (κ1) is 4.65. The largest absolute Gasteiger partial charge is 0.329 e. The molecule has 0 atom stereocenters. The summed E-state index contributed by atoms with van der Waals surface area (Å²) >= 11 is 0. The van der Waals surface area contributed by atoms with Crippen molar-refractivity contribution in [2.24, 2.45) is 5.84 Å². The average molecular weight is 98.1 g/mol. The van der Waals surface area contributed by atoms with Crippen molar-refractivity contribution >= 4 is 0 Å². The van der Waals surface area contributed by atoms with Gasteiger partial charge in [0.15, 0.2) is 0 Å². The molecule has 0 aromatic heterocycles. The van der Waals surface area contributed by atoms with Crippen LogP contribution in [-0.4, -0.2) is 0 Å². The standard InChI is InChI=1S/C5H10N2/c1-4(7-6)5-2-3-5/h7H,2-3,6H2,1H3. The summed E-state index contributed by atoms with van der Waals surface area (Å²) in [5, 5.41) is 0. The Labute approximate surface area is 43.4 Å². The molecule has 0 aliphatic heterocycles. The fraction of sp³-hybridized carbons (Fsp3) is 0.600. The highest BCUT2D eigenvalue weighted by Gasteiger charge is 2.13. The van der Waals surface area contributed by atoms with Crippen LogP contribution < -0.4 is 11.3 Å². The summed E-state index contributed by atoms with van der Waals surface area (Å²) in [6.45, 7) is 2.00. The lowest BCUT2D eigenvalue weighted by Gasteiger charge is -1.92. The lowest BCUT2D eigenvalue weighted by atomic mass is 10.4. The minimum Gasteiger partial charge on any atom is -0.329 e. The first-order valence-corrected chi connectivity index (χ1v) is 2.50. The molecule has 40 valence electrons. The van der Waals surface area contributed by atoms with Crippen LogP contribution in [0.15, 0.2) is 11.3 Å². The average Bonchev–Trinajstić information content (AvgIpc) is 2.44. The second-order valence-electron chi connectivity index (χ2n) is 1.87. The van der Waals surface area contributed by atoms with Crippen LogP contribution in [0.1, 0.15) is 19.8 Å². The Morgan fingerprint density at radius 3 is 2.43 bits per heavy atom. The van der Waals surface area contributed by atoms with Crippen molar-refractivity contribution in [3.63, 3.8) is 0 Å². The van der Waals surface area contributed by atoms with Crippen molar-refractivity contribution in [1.29, 1.82) is 0 Å². The first-order valence-electron chi connectivity index (χ1n) is 2.50. The molecule has 0 unspecified atom stereocenters. The Kier molecular flexibility index (Phi) is 1.02. The maximum atomic E-state index is 5.11. The van der Waals surface area contributed by atoms with E-state index in [1.807, 2.05) is 6.92 Å². The van der Waals surface area contributed by atoms with E-state index >= 15 is 0 Å². The summed E-state index contributed by atoms with van der Waals surface area (Å²) in [5.41, 5.74) is 5.23. The van der Waals surface area contributed by atoms with Gasteiger partial charge in [-0.05, 0) is 25.3 Å². The number of allylic oxidation sites excluding steroid dienone is 2. The maximum Gasteiger partial charge on any atom is 0.0220 e. The van der Waals surface area contributed by atoms with Gasteiger partial charge < -0.3 is 5.43 Å². The van der Waals surface area contributed by atoms with Gasteiger partial charge in [0, 0.05) is 5.70 Å². The summed E-state index contributed by atoms with van der Waals surface area (Å²) < 4.78 is 0. The van der Waals surface area contributed by atoms with E-state index in [1.165, 1.54) is 18.4 Å². The van der Waals surface area contributed by atoms with Crippen molar-refractivity contribution in [1.82, 2.24) is 5.43 Å². The Balaban J connectivity index is 2.49. The quantitative estimate of drug-likeness (QED) is 0.370. The van der Waals surface area contributed by atoms with E-state index < -0.39 is 0 Å². The molecule has 0 bridgehead atoms. The van der Waals surface area contributed by atoms with Crippen molar-refractivity contribution in [3.05, 3.63) is 11.3 Å². The van der Waals surface area contributed by atoms with Crippen LogP contribution in [0.3, 0.4) is 0 Å². The third-order valence-electron chi connectivity index (χ3n) is 1.25. The number of hydrazine groups is 1. The number of hydrogen-bond acceptors (Lipinski definition) is 2. The molecule has 7 heavy (non-hydrogen) atoms. The SMILES string of the molecule is CC(NN)=C1CC1. The van der Waals surface area contributed by atoms with Crippen LogP contribution >= 0.6 is 0 Å². The van der Waals surface area contributed by atoms with Gasteiger partial charge in [-0.2, -0.15) is 0 Å². The predicted molar refractivity (Wildman–Crippen MR) is 29.3 cm³/mol. The minimum absolute atomic E-state index is 1.15. The van der Waals surface area contributed by atoms with Gasteiger partial charge in [0.1, 0.15) is 0 Å². The van der Waals surface area contributed by atoms with Gasteiger partial charge >= 0.3 is 0 Å². The van der Waals surface area contributed by atoms with Crippen molar-refractivity contribution in [3.8, 4) is 0 Å². The van der Waals surface area contributed by atoms with E-state index in [0.717, 1.165) is 5.70 Å². The molecule has 2 heteroatoms. The third kappa shape index (κ3) is 0.933. The van der Waals surface area contributed by atoms with Gasteiger partial charge in [-0.1, -0.05) is 0 Å². The highest BCUT2D eigenvalue weighted by molar-refractivity contribution is 5.21. The lowest BCUT2D eigenvalue weighted by molar-refractivity contribution is 0.880. The van der Waals surface area contributed by atoms with E-state index in [0.29, 0.717) is 0 Å². The zero-order valence-electron chi connectivity index (χ0n) is 4.49. The predicted octanol–water partition coefficient (Wildman–Crippen LogP) is 0.518. The lowest BCUT2D eigenvalue weighted by Crippen LogP contribution is -2.18. The van der Waals surface area contributed by atoms with Crippen molar-refractivity contribution in [2.75, 3.05) is 0 Å². The van der Waals surface area contributed by atoms with Gasteiger partial charge in [0.25, 0.3) is 0 Å². The van der Waals surface area contributed by atoms with Crippen LogP contribution in [-0.2, 0) is 0 Å². The zero-order valence-corrected chi connectivity index (χ0v) is 4.49. The van der Waals surface area contributed by atoms with E-state index in [1.54, 1.807) is 0 Å². The van der Waals surface area contributed by atoms with E-state index in [2.05, 4.69) is 5.43 Å². The summed E-state index contributed by atoms with van der Waals surface area (Å²) in [7, 11) is 0. The molecule has 0 aromatic carbocycles. The smallest absolute Gasteiger partial charge is 0.0220 e. The molecule has 2 nitrogen and oxygen atoms in total. The molecule has 1 fully saturated rings. The zero-order chi connectivity index (χ0) is 5.28. The van der Waals surface area contributed by atoms with Crippen LogP contribution in [0, 0.1) is 0 Å². The van der Waals surface area contributed by atoms with E-state index in [-0.39, 0.29) is 0 Å². The Hall–Kier alpha value is -0.500. The molecule has 0 radical (unpaired) electrons. The Bertz CT molecular complexity index is 98.6. The van der Waals surface area contributed by atoms with Crippen molar-refractivity contribution in [2.45, 2.75) is 19.8 Å². The molecule has 0 amide bonds. The highest BCUT2D eigenvalue weighted by Crippen LogP contribution is 2.29. The number of nitrogens with two attached hydrogens (primary N) is 1. The van der Waals surface area contributed by atoms with Crippen LogP contribution in [0.5, 0.6) is 0 Å². The van der Waals surface area contributed by atoms with Crippen molar-refractivity contribution < 1.29 is 0 Å². The molecule has 0 heterocycles. The van der Waals surface area contributed by atoms with E-state index in [9.17, 15) is 0 Å². The number of hydrogen-bond donors (Lipinski definition) is 2. The van der Waals surface area contributed by atoms with E-state index in [4.69, 9.17) is 5.84 Å². The molecular weight excluding hydrogens is 88.1 g/mol. The third-order valence-corrected chi connectivity index (χ3v) is 1.25. The fourth-order valence-electron chi connectivity index (χ4n) is 0.540. The molecule has 1 aliphatic rings. The monoisotopic (exact) mass is 98.1 g/mol. The highest BCUT2D eigenvalue weighted by atomic mass is 15.2. The van der Waals surface area contributed by atoms with Gasteiger partial charge in [0.2, 0.25) is 0 Å². The molecule has 3 N–H and O–H groups in total. The maximum absolute atomic E-state index is 5.11. The molecule has 1 aliphatic carbocycles. The summed E-state index contributed by atoms with van der Waals surface area (Å²) in [5.74, 6) is 5.11. The van der Waals surface area contributed by atoms with Crippen LogP contribution in [0.2, 0.25) is 0 Å². The van der Waals surface area contributed by atoms with Crippen LogP contribution in [0.25, 0.3) is 0 Å². The summed E-state index contributed by atoms with van der Waals surface area (Å²) in [4.78, 5) is 0. The van der Waals surface area contributed by atoms with Gasteiger partial charge in [-0.3, -0.25) is 5.84 Å². The second-order valence-corrected chi connectivity index (χ2v) is 1.87. The Morgan fingerprint density at radius 1 is 1.71 bits per heavy atom. The van der Waals surface area contributed by atoms with Gasteiger partial charge in [-0.25, -0.2) is 0 Å². The normalized spacial score (nSPS) is 16.6. The fourth-order valence-corrected chi connectivity index (χ4v) is 0.540. The molecule has 0 aromatic rings. The summed E-state index contributed by atoms with van der Waals surface area (Å²) in [6, 6.07) is 0. The number of nitrogens with one attached hydrogen (secondary N) is 1. The molecule has 0 spiro atoms. The van der Waals surface area contributed by atoms with Crippen LogP contribution in [0.4, 0.5) is 0 Å².